The number of alkyl halides is 3. The highest BCUT2D eigenvalue weighted by molar-refractivity contribution is 5.98. The summed E-state index contributed by atoms with van der Waals surface area (Å²) in [6.45, 7) is -0.215. The Bertz CT molecular complexity index is 767. The zero-order chi connectivity index (χ0) is 19.9. The van der Waals surface area contributed by atoms with E-state index in [9.17, 15) is 22.8 Å². The largest absolute Gasteiger partial charge is 0.466 e. The van der Waals surface area contributed by atoms with Gasteiger partial charge in [-0.2, -0.15) is 13.2 Å². The number of rotatable bonds is 7. The summed E-state index contributed by atoms with van der Waals surface area (Å²) in [6.07, 6.45) is -4.90. The van der Waals surface area contributed by atoms with Gasteiger partial charge in [-0.25, -0.2) is 4.79 Å². The van der Waals surface area contributed by atoms with Crippen molar-refractivity contribution in [2.45, 2.75) is 18.3 Å². The molecule has 0 saturated carbocycles. The van der Waals surface area contributed by atoms with Crippen LogP contribution >= 0.6 is 0 Å². The number of benzene rings is 2. The van der Waals surface area contributed by atoms with Gasteiger partial charge in [0, 0.05) is 12.1 Å². The second-order valence-electron chi connectivity index (χ2n) is 5.72. The van der Waals surface area contributed by atoms with Crippen LogP contribution in [-0.4, -0.2) is 37.4 Å². The van der Waals surface area contributed by atoms with Crippen LogP contribution in [0.4, 0.5) is 13.2 Å². The Balaban J connectivity index is 2.26. The zero-order valence-corrected chi connectivity index (χ0v) is 14.5. The summed E-state index contributed by atoms with van der Waals surface area (Å²) in [6, 6.07) is 16.1. The van der Waals surface area contributed by atoms with Crippen LogP contribution in [0.25, 0.3) is 0 Å². The Morgan fingerprint density at radius 3 is 2.04 bits per heavy atom. The Labute approximate surface area is 154 Å². The number of hydrogen-bond donors (Lipinski definition) is 2. The molecule has 0 spiro atoms. The molecule has 0 aliphatic carbocycles. The van der Waals surface area contributed by atoms with Crippen LogP contribution < -0.4 is 10.6 Å². The number of carbonyl (C=O) groups is 2. The molecule has 0 aromatic heterocycles. The Morgan fingerprint density at radius 1 is 0.963 bits per heavy atom. The number of amides is 1. The predicted octanol–water partition coefficient (Wildman–Crippen LogP) is 2.68. The van der Waals surface area contributed by atoms with Gasteiger partial charge in [-0.1, -0.05) is 48.5 Å². The Kier molecular flexibility index (Phi) is 6.57. The van der Waals surface area contributed by atoms with Crippen molar-refractivity contribution in [3.05, 3.63) is 71.8 Å². The predicted molar refractivity (Wildman–Crippen MR) is 92.9 cm³/mol. The third-order valence-electron chi connectivity index (χ3n) is 3.90. The second-order valence-corrected chi connectivity index (χ2v) is 5.72. The van der Waals surface area contributed by atoms with E-state index in [1.54, 1.807) is 41.7 Å². The molecule has 0 aliphatic heterocycles. The first-order chi connectivity index (χ1) is 12.8. The summed E-state index contributed by atoms with van der Waals surface area (Å²) in [4.78, 5) is 24.4. The molecule has 2 rings (SSSR count). The molecule has 144 valence electrons. The van der Waals surface area contributed by atoms with Crippen LogP contribution in [0.2, 0.25) is 0 Å². The molecule has 0 saturated heterocycles. The van der Waals surface area contributed by atoms with Crippen molar-refractivity contribution in [2.24, 2.45) is 0 Å². The molecule has 8 heteroatoms. The van der Waals surface area contributed by atoms with Crippen molar-refractivity contribution in [2.75, 3.05) is 13.7 Å². The lowest BCUT2D eigenvalue weighted by molar-refractivity contribution is -0.217. The molecule has 2 N–H and O–H groups in total. The minimum absolute atomic E-state index is 0.0140. The normalized spacial score (nSPS) is 13.5. The number of hydrogen-bond acceptors (Lipinski definition) is 4. The summed E-state index contributed by atoms with van der Waals surface area (Å²) in [5.41, 5.74) is -2.59. The fraction of sp³-hybridized carbons (Fsp3) is 0.263. The molecular formula is C19H19F3N2O3. The average molecular weight is 380 g/mol. The summed E-state index contributed by atoms with van der Waals surface area (Å²) < 4.78 is 45.9. The molecule has 0 unspecified atom stereocenters. The lowest BCUT2D eigenvalue weighted by Crippen LogP contribution is -2.72. The van der Waals surface area contributed by atoms with E-state index in [4.69, 9.17) is 0 Å². The fourth-order valence-electron chi connectivity index (χ4n) is 2.48. The summed E-state index contributed by atoms with van der Waals surface area (Å²) in [5, 5.41) is 3.92. The van der Waals surface area contributed by atoms with Crippen molar-refractivity contribution in [3.63, 3.8) is 0 Å². The van der Waals surface area contributed by atoms with Crippen molar-refractivity contribution >= 4 is 11.9 Å². The Hall–Kier alpha value is -2.87. The summed E-state index contributed by atoms with van der Waals surface area (Å²) in [7, 11) is 0.830. The quantitative estimate of drug-likeness (QED) is 0.573. The second kappa shape index (κ2) is 8.68. The molecule has 2 aromatic carbocycles. The molecule has 0 bridgehead atoms. The molecule has 2 aromatic rings. The van der Waals surface area contributed by atoms with Crippen LogP contribution in [0, 0.1) is 0 Å². The summed E-state index contributed by atoms with van der Waals surface area (Å²) in [5.74, 6) is -2.70. The van der Waals surface area contributed by atoms with Crippen molar-refractivity contribution in [1.29, 1.82) is 0 Å². The lowest BCUT2D eigenvalue weighted by Gasteiger charge is -2.34. The maximum Gasteiger partial charge on any atom is 0.436 e. The third kappa shape index (κ3) is 4.85. The Morgan fingerprint density at radius 2 is 1.52 bits per heavy atom. The van der Waals surface area contributed by atoms with E-state index in [1.807, 2.05) is 0 Å². The van der Waals surface area contributed by atoms with Crippen LogP contribution in [0.1, 0.15) is 15.9 Å². The zero-order valence-electron chi connectivity index (χ0n) is 14.5. The van der Waals surface area contributed by atoms with E-state index >= 15 is 0 Å². The number of carbonyl (C=O) groups excluding carboxylic acids is 2. The molecule has 1 amide bonds. The van der Waals surface area contributed by atoms with Crippen LogP contribution in [0.5, 0.6) is 0 Å². The van der Waals surface area contributed by atoms with Crippen molar-refractivity contribution in [1.82, 2.24) is 10.6 Å². The third-order valence-corrected chi connectivity index (χ3v) is 3.90. The number of halogens is 3. The van der Waals surface area contributed by atoms with Gasteiger partial charge >= 0.3 is 12.1 Å². The van der Waals surface area contributed by atoms with Gasteiger partial charge in [-0.05, 0) is 24.1 Å². The number of esters is 1. The lowest BCUT2D eigenvalue weighted by atomic mass is 10.1. The summed E-state index contributed by atoms with van der Waals surface area (Å²) >= 11 is 0. The van der Waals surface area contributed by atoms with Gasteiger partial charge in [0.2, 0.25) is 0 Å². The molecule has 0 heterocycles. The van der Waals surface area contributed by atoms with Gasteiger partial charge in [0.1, 0.15) is 0 Å². The van der Waals surface area contributed by atoms with Gasteiger partial charge < -0.3 is 10.1 Å². The first-order valence-electron chi connectivity index (χ1n) is 8.12. The molecular weight excluding hydrogens is 361 g/mol. The van der Waals surface area contributed by atoms with Gasteiger partial charge in [-0.15, -0.1) is 0 Å². The first-order valence-corrected chi connectivity index (χ1v) is 8.12. The van der Waals surface area contributed by atoms with E-state index in [1.165, 1.54) is 24.3 Å². The van der Waals surface area contributed by atoms with E-state index in [0.29, 0.717) is 0 Å². The van der Waals surface area contributed by atoms with E-state index in [-0.39, 0.29) is 18.5 Å². The maximum absolute atomic E-state index is 13.8. The highest BCUT2D eigenvalue weighted by Gasteiger charge is 2.62. The highest BCUT2D eigenvalue weighted by atomic mass is 19.4. The van der Waals surface area contributed by atoms with Crippen LogP contribution in [-0.2, 0) is 16.0 Å². The average Bonchev–Trinajstić information content (AvgIpc) is 2.67. The SMILES string of the molecule is COC(=O)[C@](NCCc1ccccc1)(NC(=O)c1ccccc1)C(F)(F)F. The van der Waals surface area contributed by atoms with Crippen LogP contribution in [0.15, 0.2) is 60.7 Å². The monoisotopic (exact) mass is 380 g/mol. The molecule has 1 atom stereocenters. The standard InChI is InChI=1S/C19H19F3N2O3/c1-27-17(26)18(19(20,21)22,23-13-12-14-8-4-2-5-9-14)24-16(25)15-10-6-3-7-11-15/h2-11,23H,12-13H2,1H3,(H,24,25)/t18-/m0/s1. The van der Waals surface area contributed by atoms with Gasteiger partial charge in [0.15, 0.2) is 0 Å². The topological polar surface area (TPSA) is 67.4 Å². The molecule has 0 radical (unpaired) electrons. The molecule has 5 nitrogen and oxygen atoms in total. The first kappa shape index (κ1) is 20.4. The number of methoxy groups -OCH3 is 1. The smallest absolute Gasteiger partial charge is 0.436 e. The van der Waals surface area contributed by atoms with E-state index in [2.05, 4.69) is 10.1 Å². The highest BCUT2D eigenvalue weighted by Crippen LogP contribution is 2.30. The molecule has 0 fully saturated rings. The number of ether oxygens (including phenoxy) is 1. The van der Waals surface area contributed by atoms with Crippen LogP contribution in [0.3, 0.4) is 0 Å². The maximum atomic E-state index is 13.8. The van der Waals surface area contributed by atoms with Gasteiger partial charge in [-0.3, -0.25) is 10.1 Å². The molecule has 27 heavy (non-hydrogen) atoms. The van der Waals surface area contributed by atoms with E-state index < -0.39 is 23.7 Å². The van der Waals surface area contributed by atoms with Crippen molar-refractivity contribution in [3.8, 4) is 0 Å². The fourth-order valence-corrected chi connectivity index (χ4v) is 2.48. The van der Waals surface area contributed by atoms with E-state index in [0.717, 1.165) is 12.7 Å². The minimum atomic E-state index is -5.12. The van der Waals surface area contributed by atoms with Gasteiger partial charge in [0.25, 0.3) is 11.6 Å². The molecule has 0 aliphatic rings. The minimum Gasteiger partial charge on any atom is -0.466 e. The van der Waals surface area contributed by atoms with Gasteiger partial charge in [0.05, 0.1) is 7.11 Å². The van der Waals surface area contributed by atoms with Crippen molar-refractivity contribution < 1.29 is 27.5 Å². The number of nitrogens with one attached hydrogen (secondary N) is 2.